The molecule has 1 aliphatic heterocycles. The van der Waals surface area contributed by atoms with E-state index in [0.29, 0.717) is 12.1 Å². The van der Waals surface area contributed by atoms with Crippen LogP contribution in [0.25, 0.3) is 5.69 Å². The molecule has 1 N–H and O–H groups in total. The molecule has 144 valence electrons. The van der Waals surface area contributed by atoms with Crippen LogP contribution in [0.1, 0.15) is 40.7 Å². The minimum atomic E-state index is -0.0870. The highest BCUT2D eigenvalue weighted by molar-refractivity contribution is 5.94. The smallest absolute Gasteiger partial charge is 0.251 e. The number of amides is 1. The maximum atomic E-state index is 12.5. The highest BCUT2D eigenvalue weighted by Gasteiger charge is 2.13. The highest BCUT2D eigenvalue weighted by atomic mass is 16.1. The first-order chi connectivity index (χ1) is 13.8. The van der Waals surface area contributed by atoms with Crippen LogP contribution in [-0.4, -0.2) is 44.1 Å². The van der Waals surface area contributed by atoms with Crippen LogP contribution >= 0.6 is 0 Å². The molecule has 0 bridgehead atoms. The van der Waals surface area contributed by atoms with Gasteiger partial charge in [-0.1, -0.05) is 30.7 Å². The zero-order valence-corrected chi connectivity index (χ0v) is 15.8. The molecule has 0 aliphatic carbocycles. The van der Waals surface area contributed by atoms with Gasteiger partial charge in [-0.2, -0.15) is 0 Å². The van der Waals surface area contributed by atoms with Gasteiger partial charge in [0.15, 0.2) is 0 Å². The largest absolute Gasteiger partial charge is 0.348 e. The Bertz CT molecular complexity index is 901. The fourth-order valence-electron chi connectivity index (χ4n) is 3.57. The molecule has 3 aromatic rings. The molecule has 1 aliphatic rings. The zero-order chi connectivity index (χ0) is 19.2. The van der Waals surface area contributed by atoms with E-state index in [1.54, 1.807) is 16.8 Å². The summed E-state index contributed by atoms with van der Waals surface area (Å²) in [5.41, 5.74) is 3.89. The second kappa shape index (κ2) is 8.75. The second-order valence-electron chi connectivity index (χ2n) is 7.09. The van der Waals surface area contributed by atoms with Crippen molar-refractivity contribution in [3.8, 4) is 5.69 Å². The molecule has 0 spiro atoms. The Hall–Kier alpha value is -3.06. The van der Waals surface area contributed by atoms with E-state index in [2.05, 4.69) is 43.9 Å². The molecule has 2 aromatic carbocycles. The van der Waals surface area contributed by atoms with Crippen molar-refractivity contribution in [2.75, 3.05) is 13.1 Å². The van der Waals surface area contributed by atoms with E-state index in [4.69, 9.17) is 0 Å². The molecular weight excluding hydrogens is 352 g/mol. The lowest BCUT2D eigenvalue weighted by Gasteiger charge is -2.27. The van der Waals surface area contributed by atoms with Crippen LogP contribution in [0.15, 0.2) is 54.9 Å². The Morgan fingerprint density at radius 1 is 0.964 bits per heavy atom. The predicted octanol–water partition coefficient (Wildman–Crippen LogP) is 2.58. The summed E-state index contributed by atoms with van der Waals surface area (Å²) in [6.07, 6.45) is 5.41. The summed E-state index contributed by atoms with van der Waals surface area (Å²) in [5.74, 6) is -0.0870. The molecule has 4 rings (SSSR count). The number of tetrazole rings is 1. The number of nitrogens with zero attached hydrogens (tertiary/aromatic N) is 5. The van der Waals surface area contributed by atoms with E-state index in [1.165, 1.54) is 36.7 Å². The number of likely N-dealkylation sites (tertiary alicyclic amines) is 1. The van der Waals surface area contributed by atoms with Crippen LogP contribution in [0.4, 0.5) is 0 Å². The van der Waals surface area contributed by atoms with Crippen molar-refractivity contribution < 1.29 is 4.79 Å². The fraction of sp³-hybridized carbons (Fsp3) is 0.333. The topological polar surface area (TPSA) is 75.9 Å². The van der Waals surface area contributed by atoms with Gasteiger partial charge in [0.05, 0.1) is 5.69 Å². The van der Waals surface area contributed by atoms with E-state index in [9.17, 15) is 4.79 Å². The Labute approximate surface area is 164 Å². The van der Waals surface area contributed by atoms with Crippen LogP contribution in [0.5, 0.6) is 0 Å². The molecule has 0 saturated carbocycles. The summed E-state index contributed by atoms with van der Waals surface area (Å²) in [4.78, 5) is 15.1. The van der Waals surface area contributed by atoms with Crippen LogP contribution in [0.2, 0.25) is 0 Å². The molecule has 7 heteroatoms. The average Bonchev–Trinajstić information content (AvgIpc) is 3.29. The minimum Gasteiger partial charge on any atom is -0.348 e. The summed E-state index contributed by atoms with van der Waals surface area (Å²) < 4.78 is 1.55. The van der Waals surface area contributed by atoms with E-state index in [-0.39, 0.29) is 5.91 Å². The Morgan fingerprint density at radius 2 is 1.71 bits per heavy atom. The molecule has 1 fully saturated rings. The van der Waals surface area contributed by atoms with Gasteiger partial charge in [0.1, 0.15) is 6.33 Å². The molecule has 0 atom stereocenters. The van der Waals surface area contributed by atoms with E-state index in [1.807, 2.05) is 18.2 Å². The molecule has 2 heterocycles. The number of hydrogen-bond acceptors (Lipinski definition) is 5. The summed E-state index contributed by atoms with van der Waals surface area (Å²) in [7, 11) is 0. The van der Waals surface area contributed by atoms with Gasteiger partial charge >= 0.3 is 0 Å². The number of carbonyl (C=O) groups excluding carboxylic acids is 1. The molecule has 0 unspecified atom stereocenters. The third-order valence-electron chi connectivity index (χ3n) is 5.14. The summed E-state index contributed by atoms with van der Waals surface area (Å²) >= 11 is 0. The monoisotopic (exact) mass is 376 g/mol. The molecule has 1 amide bonds. The molecule has 1 aromatic heterocycles. The van der Waals surface area contributed by atoms with Crippen LogP contribution in [0, 0.1) is 0 Å². The minimum absolute atomic E-state index is 0.0870. The fourth-order valence-corrected chi connectivity index (χ4v) is 3.57. The first-order valence-electron chi connectivity index (χ1n) is 9.70. The number of hydrogen-bond donors (Lipinski definition) is 1. The van der Waals surface area contributed by atoms with Crippen molar-refractivity contribution in [2.45, 2.75) is 32.4 Å². The molecule has 0 radical (unpaired) electrons. The maximum absolute atomic E-state index is 12.5. The summed E-state index contributed by atoms with van der Waals surface area (Å²) in [5, 5.41) is 14.1. The standard InChI is InChI=1S/C21H24N6O/c28-21(17-8-10-20(11-9-17)27-16-23-24-25-27)22-14-18-6-2-3-7-19(18)15-26-12-4-1-5-13-26/h2-3,6-11,16H,1,4-5,12-15H2,(H,22,28). The first-order valence-corrected chi connectivity index (χ1v) is 9.70. The lowest BCUT2D eigenvalue weighted by atomic mass is 10.0. The molecule has 28 heavy (non-hydrogen) atoms. The Morgan fingerprint density at radius 3 is 2.43 bits per heavy atom. The van der Waals surface area contributed by atoms with Gasteiger partial charge in [-0.3, -0.25) is 9.69 Å². The Balaban J connectivity index is 1.38. The average molecular weight is 376 g/mol. The first kappa shape index (κ1) is 18.3. The second-order valence-corrected chi connectivity index (χ2v) is 7.09. The zero-order valence-electron chi connectivity index (χ0n) is 15.8. The molecular formula is C21H24N6O. The van der Waals surface area contributed by atoms with Crippen molar-refractivity contribution in [1.29, 1.82) is 0 Å². The van der Waals surface area contributed by atoms with E-state index >= 15 is 0 Å². The third kappa shape index (κ3) is 4.43. The predicted molar refractivity (Wildman–Crippen MR) is 106 cm³/mol. The van der Waals surface area contributed by atoms with Gasteiger partial charge in [0, 0.05) is 18.7 Å². The van der Waals surface area contributed by atoms with Crippen molar-refractivity contribution in [2.24, 2.45) is 0 Å². The van der Waals surface area contributed by atoms with Gasteiger partial charge in [0.25, 0.3) is 5.91 Å². The normalized spacial score (nSPS) is 14.7. The molecule has 1 saturated heterocycles. The van der Waals surface area contributed by atoms with Gasteiger partial charge in [-0.15, -0.1) is 5.10 Å². The van der Waals surface area contributed by atoms with Gasteiger partial charge in [-0.05, 0) is 71.8 Å². The van der Waals surface area contributed by atoms with Crippen molar-refractivity contribution in [3.05, 3.63) is 71.5 Å². The Kier molecular flexibility index (Phi) is 5.72. The van der Waals surface area contributed by atoms with Gasteiger partial charge in [0.2, 0.25) is 0 Å². The lowest BCUT2D eigenvalue weighted by Crippen LogP contribution is -2.30. The summed E-state index contributed by atoms with van der Waals surface area (Å²) in [6, 6.07) is 15.6. The van der Waals surface area contributed by atoms with Crippen LogP contribution in [0.3, 0.4) is 0 Å². The molecule has 7 nitrogen and oxygen atoms in total. The quantitative estimate of drug-likeness (QED) is 0.716. The number of aromatic nitrogens is 4. The SMILES string of the molecule is O=C(NCc1ccccc1CN1CCCCC1)c1ccc(-n2cnnn2)cc1. The number of benzene rings is 2. The van der Waals surface area contributed by atoms with Crippen molar-refractivity contribution >= 4 is 5.91 Å². The maximum Gasteiger partial charge on any atom is 0.251 e. The number of piperidine rings is 1. The number of carbonyl (C=O) groups is 1. The van der Waals surface area contributed by atoms with E-state index < -0.39 is 0 Å². The van der Waals surface area contributed by atoms with Crippen LogP contribution in [-0.2, 0) is 13.1 Å². The lowest BCUT2D eigenvalue weighted by molar-refractivity contribution is 0.0950. The number of rotatable bonds is 6. The van der Waals surface area contributed by atoms with Gasteiger partial charge in [-0.25, -0.2) is 4.68 Å². The van der Waals surface area contributed by atoms with Crippen molar-refractivity contribution in [3.63, 3.8) is 0 Å². The van der Waals surface area contributed by atoms with E-state index in [0.717, 1.165) is 25.3 Å². The van der Waals surface area contributed by atoms with Crippen LogP contribution < -0.4 is 5.32 Å². The van der Waals surface area contributed by atoms with Gasteiger partial charge < -0.3 is 5.32 Å². The van der Waals surface area contributed by atoms with Crippen molar-refractivity contribution in [1.82, 2.24) is 30.4 Å². The third-order valence-corrected chi connectivity index (χ3v) is 5.14. The highest BCUT2D eigenvalue weighted by Crippen LogP contribution is 2.16. The summed E-state index contributed by atoms with van der Waals surface area (Å²) in [6.45, 7) is 3.80. The number of nitrogens with one attached hydrogen (secondary N) is 1.